The summed E-state index contributed by atoms with van der Waals surface area (Å²) in [5.41, 5.74) is 0. The highest BCUT2D eigenvalue weighted by atomic mass is 35.5. The fourth-order valence-corrected chi connectivity index (χ4v) is 6.42. The Bertz CT molecular complexity index is 374. The van der Waals surface area contributed by atoms with E-state index in [1.165, 1.54) is 120 Å². The zero-order valence-corrected chi connectivity index (χ0v) is 24.4. The van der Waals surface area contributed by atoms with Gasteiger partial charge in [0.05, 0.1) is 27.2 Å². The van der Waals surface area contributed by atoms with Crippen LogP contribution in [0.1, 0.15) is 116 Å². The average molecular weight is 496 g/mol. The number of hydrogen-bond donors (Lipinski definition) is 0. The summed E-state index contributed by atoms with van der Waals surface area (Å²) in [6, 6.07) is 0.937. The molecule has 6 heteroatoms. The van der Waals surface area contributed by atoms with Crippen LogP contribution in [0, 0.1) is 0 Å². The van der Waals surface area contributed by atoms with Gasteiger partial charge in [0.15, 0.2) is 0 Å². The molecule has 0 aromatic carbocycles. The van der Waals surface area contributed by atoms with Crippen LogP contribution in [0.15, 0.2) is 0 Å². The van der Waals surface area contributed by atoms with Crippen molar-refractivity contribution >= 4 is 8.80 Å². The summed E-state index contributed by atoms with van der Waals surface area (Å²) in [7, 11) is 7.53. The first-order valence-electron chi connectivity index (χ1n) is 13.4. The largest absolute Gasteiger partial charge is 1.00 e. The van der Waals surface area contributed by atoms with Gasteiger partial charge in [0.1, 0.15) is 0 Å². The Morgan fingerprint density at radius 3 is 1.12 bits per heavy atom. The van der Waals surface area contributed by atoms with Crippen LogP contribution in [0.4, 0.5) is 0 Å². The van der Waals surface area contributed by atoms with Gasteiger partial charge in [-0.05, 0) is 25.7 Å². The van der Waals surface area contributed by atoms with Crippen LogP contribution in [-0.2, 0) is 13.3 Å². The third-order valence-corrected chi connectivity index (χ3v) is 9.59. The Hall–Kier alpha value is 0.347. The molecule has 0 aliphatic carbocycles. The number of hydrogen-bond acceptors (Lipinski definition) is 3. The molecule has 0 unspecified atom stereocenters. The molecule has 0 N–H and O–H groups in total. The maximum Gasteiger partial charge on any atom is 0.500 e. The van der Waals surface area contributed by atoms with E-state index in [1.807, 2.05) is 0 Å². The summed E-state index contributed by atoms with van der Waals surface area (Å²) in [4.78, 5) is 0. The van der Waals surface area contributed by atoms with Crippen LogP contribution in [0.2, 0.25) is 6.04 Å². The molecule has 0 saturated heterocycles. The molecule has 0 amide bonds. The molecule has 0 fully saturated rings. The number of halogens is 1. The topological polar surface area (TPSA) is 27.7 Å². The molecule has 0 aromatic rings. The molecule has 0 atom stereocenters. The third kappa shape index (κ3) is 19.8. The number of unbranched alkanes of at least 4 members (excludes halogenated alkanes) is 15. The van der Waals surface area contributed by atoms with Crippen molar-refractivity contribution in [2.45, 2.75) is 122 Å². The lowest BCUT2D eigenvalue weighted by Gasteiger charge is -2.29. The third-order valence-electron chi connectivity index (χ3n) is 6.76. The van der Waals surface area contributed by atoms with Crippen molar-refractivity contribution in [3.05, 3.63) is 0 Å². The van der Waals surface area contributed by atoms with E-state index in [0.717, 1.165) is 12.5 Å². The summed E-state index contributed by atoms with van der Waals surface area (Å²) < 4.78 is 17.6. The van der Waals surface area contributed by atoms with Gasteiger partial charge < -0.3 is 30.2 Å². The van der Waals surface area contributed by atoms with Crippen LogP contribution in [0.5, 0.6) is 0 Å². The van der Waals surface area contributed by atoms with Crippen molar-refractivity contribution in [3.63, 3.8) is 0 Å². The molecule has 196 valence electrons. The zero-order valence-electron chi connectivity index (χ0n) is 22.7. The lowest BCUT2D eigenvalue weighted by Crippen LogP contribution is -3.00. The maximum atomic E-state index is 5.48. The van der Waals surface area contributed by atoms with E-state index in [2.05, 4.69) is 21.0 Å². The molecule has 0 spiro atoms. The lowest BCUT2D eigenvalue weighted by atomic mass is 10.0. The number of quaternary nitrogens is 1. The minimum atomic E-state index is -2.34. The van der Waals surface area contributed by atoms with Gasteiger partial charge in [-0.3, -0.25) is 0 Å². The standard InChI is InChI=1S/C26H58NO3Si.ClH/c1-7-24-27(2,3)25-22-20-18-16-14-12-10-8-9-11-13-15-17-19-21-23-26-31(28-4,29-5)30-6;/h7-26H2,1-6H3;1H/q+1;/p-1. The van der Waals surface area contributed by atoms with E-state index >= 15 is 0 Å². The minimum Gasteiger partial charge on any atom is -1.00 e. The molecule has 0 aliphatic rings. The number of rotatable bonds is 24. The van der Waals surface area contributed by atoms with Crippen molar-refractivity contribution in [2.75, 3.05) is 48.5 Å². The fraction of sp³-hybridized carbons (Fsp3) is 1.00. The highest BCUT2D eigenvalue weighted by Crippen LogP contribution is 2.19. The molecular formula is C26H58ClNO3Si. The molecular weight excluding hydrogens is 438 g/mol. The van der Waals surface area contributed by atoms with Crippen molar-refractivity contribution in [2.24, 2.45) is 0 Å². The van der Waals surface area contributed by atoms with Crippen LogP contribution in [0.3, 0.4) is 0 Å². The predicted molar refractivity (Wildman–Crippen MR) is 138 cm³/mol. The van der Waals surface area contributed by atoms with E-state index in [0.29, 0.717) is 0 Å². The van der Waals surface area contributed by atoms with Gasteiger partial charge in [-0.25, -0.2) is 0 Å². The van der Waals surface area contributed by atoms with E-state index in [4.69, 9.17) is 13.3 Å². The van der Waals surface area contributed by atoms with E-state index in [9.17, 15) is 0 Å². The second-order valence-corrected chi connectivity index (χ2v) is 13.2. The predicted octanol–water partition coefficient (Wildman–Crippen LogP) is 4.60. The van der Waals surface area contributed by atoms with Crippen molar-refractivity contribution < 1.29 is 30.2 Å². The first kappa shape index (κ1) is 34.5. The Labute approximate surface area is 209 Å². The first-order chi connectivity index (χ1) is 14.9. The molecule has 0 bridgehead atoms. The highest BCUT2D eigenvalue weighted by Gasteiger charge is 2.36. The van der Waals surface area contributed by atoms with E-state index in [-0.39, 0.29) is 12.4 Å². The minimum absolute atomic E-state index is 0. The van der Waals surface area contributed by atoms with Crippen LogP contribution in [-0.4, -0.2) is 61.8 Å². The van der Waals surface area contributed by atoms with Crippen LogP contribution >= 0.6 is 0 Å². The molecule has 4 nitrogen and oxygen atoms in total. The molecule has 0 rings (SSSR count). The van der Waals surface area contributed by atoms with Crippen LogP contribution in [0.25, 0.3) is 0 Å². The Morgan fingerprint density at radius 2 is 0.812 bits per heavy atom. The Kier molecular flexibility index (Phi) is 24.9. The second kappa shape index (κ2) is 23.1. The summed E-state index contributed by atoms with van der Waals surface area (Å²) in [5.74, 6) is 0. The molecule has 0 aromatic heterocycles. The quantitative estimate of drug-likeness (QED) is 0.111. The van der Waals surface area contributed by atoms with Gasteiger partial charge in [-0.1, -0.05) is 90.4 Å². The highest BCUT2D eigenvalue weighted by molar-refractivity contribution is 6.60. The average Bonchev–Trinajstić information content (AvgIpc) is 2.76. The van der Waals surface area contributed by atoms with Gasteiger partial charge >= 0.3 is 8.80 Å². The maximum absolute atomic E-state index is 5.48. The second-order valence-electron chi connectivity index (χ2n) is 10.1. The van der Waals surface area contributed by atoms with Gasteiger partial charge in [0.25, 0.3) is 0 Å². The van der Waals surface area contributed by atoms with Crippen molar-refractivity contribution in [1.29, 1.82) is 0 Å². The number of nitrogens with zero attached hydrogens (tertiary/aromatic N) is 1. The molecule has 0 radical (unpaired) electrons. The van der Waals surface area contributed by atoms with E-state index in [1.54, 1.807) is 21.3 Å². The fourth-order valence-electron chi connectivity index (χ4n) is 4.63. The lowest BCUT2D eigenvalue weighted by molar-refractivity contribution is -0.890. The summed E-state index contributed by atoms with van der Waals surface area (Å²) >= 11 is 0. The SMILES string of the molecule is CCC[N+](C)(C)CCCCCCCCCCCCCCCCCC[Si](OC)(OC)OC.[Cl-]. The van der Waals surface area contributed by atoms with Crippen molar-refractivity contribution in [3.8, 4) is 0 Å². The van der Waals surface area contributed by atoms with Gasteiger partial charge in [0, 0.05) is 27.4 Å². The molecule has 32 heavy (non-hydrogen) atoms. The molecule has 0 heterocycles. The summed E-state index contributed by atoms with van der Waals surface area (Å²) in [5, 5.41) is 0. The Morgan fingerprint density at radius 1 is 0.500 bits per heavy atom. The molecule has 0 aliphatic heterocycles. The van der Waals surface area contributed by atoms with Gasteiger partial charge in [-0.15, -0.1) is 0 Å². The first-order valence-corrected chi connectivity index (χ1v) is 15.4. The zero-order chi connectivity index (χ0) is 23.3. The van der Waals surface area contributed by atoms with Crippen molar-refractivity contribution in [1.82, 2.24) is 0 Å². The van der Waals surface area contributed by atoms with E-state index < -0.39 is 8.80 Å². The normalized spacial score (nSPS) is 12.2. The summed E-state index contributed by atoms with van der Waals surface area (Å²) in [6.07, 6.45) is 23.6. The Balaban J connectivity index is 0. The monoisotopic (exact) mass is 495 g/mol. The van der Waals surface area contributed by atoms with Crippen LogP contribution < -0.4 is 12.4 Å². The van der Waals surface area contributed by atoms with Gasteiger partial charge in [-0.2, -0.15) is 0 Å². The summed E-state index contributed by atoms with van der Waals surface area (Å²) in [6.45, 7) is 4.97. The smallest absolute Gasteiger partial charge is 0.500 e. The molecule has 0 saturated carbocycles. The van der Waals surface area contributed by atoms with Gasteiger partial charge in [0.2, 0.25) is 0 Å².